The summed E-state index contributed by atoms with van der Waals surface area (Å²) in [5.41, 5.74) is 1.44. The maximum Gasteiger partial charge on any atom is 0.372 e. The topological polar surface area (TPSA) is 80.9 Å². The van der Waals surface area contributed by atoms with Crippen molar-refractivity contribution in [2.24, 2.45) is 5.41 Å². The molecule has 3 rings (SSSR count). The Bertz CT molecular complexity index is 948. The summed E-state index contributed by atoms with van der Waals surface area (Å²) in [7, 11) is 4.38. The number of carbonyl (C=O) groups excluding carboxylic acids is 2. The van der Waals surface area contributed by atoms with Gasteiger partial charge in [-0.1, -0.05) is 6.92 Å². The smallest absolute Gasteiger partial charge is 0.372 e. The highest BCUT2D eigenvalue weighted by atomic mass is 16.6. The molecule has 7 nitrogen and oxygen atoms in total. The molecule has 0 saturated carbocycles. The van der Waals surface area contributed by atoms with Crippen molar-refractivity contribution in [2.75, 3.05) is 34.4 Å². The predicted octanol–water partition coefficient (Wildman–Crippen LogP) is 3.44. The number of carbonyl (C=O) groups is 2. The first-order chi connectivity index (χ1) is 14.5. The molecule has 2 heterocycles. The number of methoxy groups -OCH3 is 3. The van der Waals surface area contributed by atoms with Crippen molar-refractivity contribution in [3.63, 3.8) is 0 Å². The third-order valence-electron chi connectivity index (χ3n) is 6.03. The molecule has 1 N–H and O–H groups in total. The van der Waals surface area contributed by atoms with E-state index in [1.165, 1.54) is 14.2 Å². The van der Waals surface area contributed by atoms with Crippen LogP contribution in [0.3, 0.4) is 0 Å². The monoisotopic (exact) mass is 414 g/mol. The van der Waals surface area contributed by atoms with E-state index in [0.29, 0.717) is 25.9 Å². The van der Waals surface area contributed by atoms with Crippen LogP contribution < -0.4 is 4.74 Å². The van der Waals surface area contributed by atoms with Crippen molar-refractivity contribution >= 4 is 22.8 Å². The average molecular weight is 415 g/mol. The van der Waals surface area contributed by atoms with E-state index in [4.69, 9.17) is 14.2 Å². The van der Waals surface area contributed by atoms with E-state index in [9.17, 15) is 9.59 Å². The maximum atomic E-state index is 13.4. The number of amides is 1. The van der Waals surface area contributed by atoms with Crippen LogP contribution in [-0.2, 0) is 25.5 Å². The fraction of sp³-hybridized carbons (Fsp3) is 0.478. The van der Waals surface area contributed by atoms with Crippen LogP contribution in [0.5, 0.6) is 5.75 Å². The molecule has 1 aromatic carbocycles. The van der Waals surface area contributed by atoms with Crippen LogP contribution in [0.15, 0.2) is 36.2 Å². The number of piperidine rings is 1. The zero-order chi connectivity index (χ0) is 21.7. The first-order valence-electron chi connectivity index (χ1n) is 10.3. The summed E-state index contributed by atoms with van der Waals surface area (Å²) < 4.78 is 15.3. The highest BCUT2D eigenvalue weighted by molar-refractivity contribution is 5.91. The summed E-state index contributed by atoms with van der Waals surface area (Å²) >= 11 is 0. The van der Waals surface area contributed by atoms with Gasteiger partial charge in [-0.05, 0) is 55.5 Å². The highest BCUT2D eigenvalue weighted by Gasteiger charge is 2.42. The summed E-state index contributed by atoms with van der Waals surface area (Å²) in [5, 5.41) is 1.10. The van der Waals surface area contributed by atoms with E-state index < -0.39 is 11.4 Å². The van der Waals surface area contributed by atoms with Crippen molar-refractivity contribution in [3.8, 4) is 5.75 Å². The number of aromatic nitrogens is 1. The van der Waals surface area contributed by atoms with E-state index in [1.807, 2.05) is 36.2 Å². The molecule has 1 aliphatic heterocycles. The molecule has 1 aliphatic rings. The lowest BCUT2D eigenvalue weighted by Gasteiger charge is -2.39. The zero-order valence-corrected chi connectivity index (χ0v) is 18.1. The number of ether oxygens (including phenoxy) is 3. The third-order valence-corrected chi connectivity index (χ3v) is 6.03. The zero-order valence-electron chi connectivity index (χ0n) is 18.1. The van der Waals surface area contributed by atoms with Crippen LogP contribution in [0.4, 0.5) is 0 Å². The van der Waals surface area contributed by atoms with Gasteiger partial charge < -0.3 is 24.1 Å². The number of esters is 1. The van der Waals surface area contributed by atoms with E-state index >= 15 is 0 Å². The van der Waals surface area contributed by atoms with Crippen molar-refractivity contribution < 1.29 is 23.8 Å². The number of aromatic amines is 1. The quantitative estimate of drug-likeness (QED) is 0.407. The van der Waals surface area contributed by atoms with E-state index in [0.717, 1.165) is 35.1 Å². The molecule has 1 saturated heterocycles. The minimum atomic E-state index is -0.749. The van der Waals surface area contributed by atoms with Crippen LogP contribution in [-0.4, -0.2) is 56.2 Å². The van der Waals surface area contributed by atoms with Crippen molar-refractivity contribution in [1.82, 2.24) is 9.88 Å². The predicted molar refractivity (Wildman–Crippen MR) is 114 cm³/mol. The Morgan fingerprint density at radius 3 is 2.73 bits per heavy atom. The summed E-state index contributed by atoms with van der Waals surface area (Å²) in [4.78, 5) is 30.6. The number of rotatable bonds is 8. The average Bonchev–Trinajstić information content (AvgIpc) is 3.19. The Labute approximate surface area is 177 Å². The van der Waals surface area contributed by atoms with Gasteiger partial charge in [-0.2, -0.15) is 0 Å². The normalized spacial score (nSPS) is 19.8. The summed E-state index contributed by atoms with van der Waals surface area (Å²) in [6, 6.07) is 5.93. The Balaban J connectivity index is 1.80. The molecule has 1 amide bonds. The van der Waals surface area contributed by atoms with Crippen molar-refractivity contribution in [1.29, 1.82) is 0 Å². The van der Waals surface area contributed by atoms with Crippen molar-refractivity contribution in [2.45, 2.75) is 32.6 Å². The number of nitrogens with zero attached hydrogens (tertiary/aromatic N) is 1. The minimum absolute atomic E-state index is 0.0344. The van der Waals surface area contributed by atoms with Crippen LogP contribution in [0.2, 0.25) is 0 Å². The second-order valence-corrected chi connectivity index (χ2v) is 7.59. The first kappa shape index (κ1) is 21.7. The summed E-state index contributed by atoms with van der Waals surface area (Å²) in [6.45, 7) is 3.29. The van der Waals surface area contributed by atoms with Gasteiger partial charge in [0.25, 0.3) is 0 Å². The Morgan fingerprint density at radius 2 is 2.07 bits per heavy atom. The lowest BCUT2D eigenvalue weighted by Crippen LogP contribution is -2.48. The fourth-order valence-corrected chi connectivity index (χ4v) is 4.19. The van der Waals surface area contributed by atoms with E-state index in [1.54, 1.807) is 13.2 Å². The lowest BCUT2D eigenvalue weighted by molar-refractivity contribution is -0.143. The number of fused-ring (bicyclic) bond motifs is 1. The van der Waals surface area contributed by atoms with Crippen LogP contribution in [0, 0.1) is 5.41 Å². The largest absolute Gasteiger partial charge is 0.497 e. The number of hydrogen-bond donors (Lipinski definition) is 1. The molecule has 0 spiro atoms. The van der Waals surface area contributed by atoms with Gasteiger partial charge >= 0.3 is 5.97 Å². The van der Waals surface area contributed by atoms with Gasteiger partial charge in [0.15, 0.2) is 0 Å². The Hall–Kier alpha value is -2.96. The molecular weight excluding hydrogens is 384 g/mol. The molecule has 0 radical (unpaired) electrons. The molecule has 1 aromatic heterocycles. The summed E-state index contributed by atoms with van der Waals surface area (Å²) in [6.07, 6.45) is 6.53. The Morgan fingerprint density at radius 1 is 1.27 bits per heavy atom. The highest BCUT2D eigenvalue weighted by Crippen LogP contribution is 2.37. The molecule has 162 valence electrons. The van der Waals surface area contributed by atoms with E-state index in [2.05, 4.69) is 4.98 Å². The number of hydrogen-bond acceptors (Lipinski definition) is 5. The molecule has 0 unspecified atom stereocenters. The SMILES string of the molecule is CC[C@@]1(/C=C(\OC)C(=O)OC)CCCN(CCc2c[nH]c3ccc(OC)cc23)C1=O. The van der Waals surface area contributed by atoms with Gasteiger partial charge in [-0.15, -0.1) is 0 Å². The number of likely N-dealkylation sites (tertiary alicyclic amines) is 1. The molecule has 7 heteroatoms. The Kier molecular flexibility index (Phi) is 6.70. The standard InChI is InChI=1S/C23H30N2O5/c1-5-23(14-20(29-3)21(26)30-4)10-6-11-25(22(23)27)12-9-16-15-24-19-8-7-17(28-2)13-18(16)19/h7-8,13-15,24H,5-6,9-12H2,1-4H3/b20-14-/t23-/m0/s1. The minimum Gasteiger partial charge on any atom is -0.497 e. The van der Waals surface area contributed by atoms with Crippen LogP contribution in [0.25, 0.3) is 10.9 Å². The maximum absolute atomic E-state index is 13.4. The molecule has 1 fully saturated rings. The lowest BCUT2D eigenvalue weighted by atomic mass is 9.76. The molecule has 0 bridgehead atoms. The van der Waals surface area contributed by atoms with Crippen molar-refractivity contribution in [3.05, 3.63) is 41.8 Å². The second kappa shape index (κ2) is 9.24. The van der Waals surface area contributed by atoms with Gasteiger partial charge in [0.1, 0.15) is 5.75 Å². The fourth-order valence-electron chi connectivity index (χ4n) is 4.19. The second-order valence-electron chi connectivity index (χ2n) is 7.59. The molecule has 30 heavy (non-hydrogen) atoms. The number of H-pyrrole nitrogens is 1. The molecular formula is C23H30N2O5. The number of benzene rings is 1. The first-order valence-corrected chi connectivity index (χ1v) is 10.3. The van der Waals surface area contributed by atoms with Gasteiger partial charge in [0.2, 0.25) is 11.7 Å². The van der Waals surface area contributed by atoms with Gasteiger partial charge in [0.05, 0.1) is 26.7 Å². The van der Waals surface area contributed by atoms with Gasteiger partial charge in [-0.3, -0.25) is 4.79 Å². The van der Waals surface area contributed by atoms with Crippen LogP contribution in [0.1, 0.15) is 31.7 Å². The van der Waals surface area contributed by atoms with E-state index in [-0.39, 0.29) is 11.7 Å². The third kappa shape index (κ3) is 4.15. The van der Waals surface area contributed by atoms with Gasteiger partial charge in [0, 0.05) is 30.2 Å². The molecule has 0 aliphatic carbocycles. The van der Waals surface area contributed by atoms with Crippen LogP contribution >= 0.6 is 0 Å². The van der Waals surface area contributed by atoms with Gasteiger partial charge in [-0.25, -0.2) is 4.79 Å². The summed E-state index contributed by atoms with van der Waals surface area (Å²) in [5.74, 6) is 0.357. The molecule has 2 aromatic rings. The molecule has 1 atom stereocenters. The number of nitrogens with one attached hydrogen (secondary N) is 1.